The molecule has 0 atom stereocenters. The van der Waals surface area contributed by atoms with Gasteiger partial charge in [0.15, 0.2) is 0 Å². The lowest BCUT2D eigenvalue weighted by molar-refractivity contribution is 0.590. The third-order valence-corrected chi connectivity index (χ3v) is 19.9. The highest BCUT2D eigenvalue weighted by Crippen LogP contribution is 2.51. The molecule has 15 aromatic rings. The van der Waals surface area contributed by atoms with E-state index >= 15 is 0 Å². The van der Waals surface area contributed by atoms with E-state index in [1.165, 1.54) is 27.5 Å². The molecule has 0 radical (unpaired) electrons. The van der Waals surface area contributed by atoms with Gasteiger partial charge in [0, 0.05) is 62.0 Å². The van der Waals surface area contributed by atoms with Crippen molar-refractivity contribution in [2.75, 3.05) is 14.7 Å². The lowest BCUT2D eigenvalue weighted by atomic mass is 9.33. The van der Waals surface area contributed by atoms with Crippen molar-refractivity contribution in [2.45, 2.75) is 52.4 Å². The number of anilines is 9. The minimum Gasteiger partial charge on any atom is -0.456 e. The minimum absolute atomic E-state index is 0.0222. The van der Waals surface area contributed by atoms with Gasteiger partial charge in [-0.25, -0.2) is 0 Å². The summed E-state index contributed by atoms with van der Waals surface area (Å²) >= 11 is 0. The van der Waals surface area contributed by atoms with Gasteiger partial charge in [0.05, 0.1) is 0 Å². The lowest BCUT2D eigenvalue weighted by Crippen LogP contribution is -2.61. The van der Waals surface area contributed by atoms with Crippen LogP contribution in [0.25, 0.3) is 88.7 Å². The Kier molecular flexibility index (Phi) is 14.4. The molecule has 2 aliphatic heterocycles. The van der Waals surface area contributed by atoms with Crippen LogP contribution in [0.5, 0.6) is 0 Å². The number of nitrogens with zero attached hydrogens (tertiary/aromatic N) is 3. The summed E-state index contributed by atoms with van der Waals surface area (Å²) < 4.78 is 6.46. The predicted octanol–water partition coefficient (Wildman–Crippen LogP) is 23.7. The summed E-state index contributed by atoms with van der Waals surface area (Å²) in [7, 11) is 0. The number of hydrogen-bond acceptors (Lipinski definition) is 4. The van der Waals surface area contributed by atoms with Crippen molar-refractivity contribution >= 4 is 96.2 Å². The topological polar surface area (TPSA) is 22.9 Å². The van der Waals surface area contributed by atoms with E-state index in [0.717, 1.165) is 140 Å². The molecule has 2 aliphatic rings. The molecule has 3 heterocycles. The van der Waals surface area contributed by atoms with Crippen LogP contribution in [0.4, 0.5) is 51.2 Å². The third kappa shape index (κ3) is 10.8. The zero-order chi connectivity index (χ0) is 65.5. The maximum atomic E-state index is 6.46. The molecule has 5 heteroatoms. The van der Waals surface area contributed by atoms with Crippen molar-refractivity contribution in [3.05, 3.63) is 339 Å². The highest BCUT2D eigenvalue weighted by molar-refractivity contribution is 7.00. The molecule has 4 nitrogen and oxygen atoms in total. The van der Waals surface area contributed by atoms with Crippen molar-refractivity contribution in [3.8, 4) is 66.8 Å². The Bertz CT molecular complexity index is 5290. The molecule has 17 rings (SSSR count). The van der Waals surface area contributed by atoms with Gasteiger partial charge in [0.1, 0.15) is 11.2 Å². The zero-order valence-electron chi connectivity index (χ0n) is 55.5. The highest BCUT2D eigenvalue weighted by atomic mass is 16.3. The van der Waals surface area contributed by atoms with Crippen LogP contribution in [0.1, 0.15) is 52.7 Å². The predicted molar refractivity (Wildman–Crippen MR) is 412 cm³/mol. The van der Waals surface area contributed by atoms with Crippen LogP contribution in [0.2, 0.25) is 0 Å². The molecule has 0 amide bonds. The van der Waals surface area contributed by atoms with E-state index < -0.39 is 0 Å². The van der Waals surface area contributed by atoms with Crippen molar-refractivity contribution in [3.63, 3.8) is 0 Å². The van der Waals surface area contributed by atoms with Crippen LogP contribution in [0.15, 0.2) is 332 Å². The average Bonchev–Trinajstić information content (AvgIpc) is 1.07. The second-order valence-corrected chi connectivity index (χ2v) is 28.2. The molecule has 0 saturated heterocycles. The molecule has 0 bridgehead atoms. The summed E-state index contributed by atoms with van der Waals surface area (Å²) in [6, 6.07) is 122. The molecule has 14 aromatic carbocycles. The number of para-hydroxylation sites is 1. The summed E-state index contributed by atoms with van der Waals surface area (Å²) in [5.74, 6) is 0. The van der Waals surface area contributed by atoms with Gasteiger partial charge in [-0.05, 0) is 214 Å². The zero-order valence-corrected chi connectivity index (χ0v) is 55.5. The maximum Gasteiger partial charge on any atom is 0.252 e. The highest BCUT2D eigenvalue weighted by Gasteiger charge is 2.45. The fourth-order valence-electron chi connectivity index (χ4n) is 14.9. The Hall–Kier alpha value is -11.7. The first kappa shape index (κ1) is 59.1. The summed E-state index contributed by atoms with van der Waals surface area (Å²) in [5, 5.41) is 2.21. The molecule has 0 N–H and O–H groups in total. The molecular formula is C92H72BN3O. The van der Waals surface area contributed by atoms with E-state index in [0.29, 0.717) is 0 Å². The van der Waals surface area contributed by atoms with Gasteiger partial charge in [-0.3, -0.25) is 0 Å². The SMILES string of the molecule is CC(C)(C)c1ccc(N(c2ccc(C(C)(C)C)cc2)c2ccc3c(c2)N(c2cc(-c4ccccc4)cc(-c4ccccc4)c2)c2cc(-c4ccccc4)cc4c2B3c2ccc(-c3ccc5oc6ccccc6c5c3)cc2N4c2cc(-c3ccccc3)cc(-c3ccccc3)c2)cc1. The van der Waals surface area contributed by atoms with E-state index in [1.807, 2.05) is 6.07 Å². The molecule has 0 fully saturated rings. The molecule has 464 valence electrons. The Morgan fingerprint density at radius 2 is 0.619 bits per heavy atom. The lowest BCUT2D eigenvalue weighted by Gasteiger charge is -2.45. The van der Waals surface area contributed by atoms with Crippen molar-refractivity contribution in [1.29, 1.82) is 0 Å². The number of hydrogen-bond donors (Lipinski definition) is 0. The van der Waals surface area contributed by atoms with Crippen molar-refractivity contribution in [1.82, 2.24) is 0 Å². The second kappa shape index (κ2) is 23.7. The summed E-state index contributed by atoms with van der Waals surface area (Å²) in [6.45, 7) is 13.5. The molecular weight excluding hydrogens is 1170 g/mol. The normalized spacial score (nSPS) is 12.6. The molecule has 0 aliphatic carbocycles. The van der Waals surface area contributed by atoms with Crippen molar-refractivity contribution in [2.24, 2.45) is 0 Å². The summed E-state index contributed by atoms with van der Waals surface area (Å²) in [6.07, 6.45) is 0. The van der Waals surface area contributed by atoms with Crippen molar-refractivity contribution < 1.29 is 4.42 Å². The smallest absolute Gasteiger partial charge is 0.252 e. The van der Waals surface area contributed by atoms with Crippen LogP contribution in [-0.4, -0.2) is 6.71 Å². The summed E-state index contributed by atoms with van der Waals surface area (Å²) in [4.78, 5) is 7.67. The van der Waals surface area contributed by atoms with Crippen LogP contribution in [-0.2, 0) is 10.8 Å². The van der Waals surface area contributed by atoms with E-state index in [9.17, 15) is 0 Å². The molecule has 1 aromatic heterocycles. The molecule has 0 saturated carbocycles. The standard InChI is InChI=1S/C92H72BN3O/c1-91(2,3)73-38-42-75(43-39-73)94(76-44-40-74(41-45-76)92(4,5)6)77-46-48-83-85(60-77)96(79-54-70(63-28-16-9-17-29-63)51-71(55-79)64-30-18-10-19-31-64)87-59-72(65-32-20-11-21-33-65)58-86-90(87)93(83)82-47-36-67(66-37-49-89-81(56-66)80-34-22-23-35-88(80)97-89)57-84(82)95(86)78-52-68(61-24-12-7-13-25-61)50-69(53-78)62-26-14-8-15-27-62/h7-60H,1-6H3. The quantitative estimate of drug-likeness (QED) is 0.120. The first-order valence-electron chi connectivity index (χ1n) is 33.9. The first-order valence-corrected chi connectivity index (χ1v) is 33.9. The van der Waals surface area contributed by atoms with Gasteiger partial charge >= 0.3 is 0 Å². The van der Waals surface area contributed by atoms with Gasteiger partial charge in [-0.2, -0.15) is 0 Å². The monoisotopic (exact) mass is 1250 g/mol. The number of rotatable bonds is 11. The number of fused-ring (bicyclic) bond motifs is 7. The van der Waals surface area contributed by atoms with Gasteiger partial charge in [0.2, 0.25) is 0 Å². The molecule has 97 heavy (non-hydrogen) atoms. The first-order chi connectivity index (χ1) is 47.3. The number of benzene rings is 14. The van der Waals surface area contributed by atoms with E-state index in [1.54, 1.807) is 0 Å². The van der Waals surface area contributed by atoms with Crippen LogP contribution in [0, 0.1) is 0 Å². The maximum absolute atomic E-state index is 6.46. The minimum atomic E-state index is -0.210. The van der Waals surface area contributed by atoms with E-state index in [-0.39, 0.29) is 17.5 Å². The van der Waals surface area contributed by atoms with Crippen LogP contribution < -0.4 is 31.1 Å². The van der Waals surface area contributed by atoms with Gasteiger partial charge < -0.3 is 19.1 Å². The second-order valence-electron chi connectivity index (χ2n) is 28.2. The molecule has 0 unspecified atom stereocenters. The molecule has 0 spiro atoms. The van der Waals surface area contributed by atoms with Crippen LogP contribution >= 0.6 is 0 Å². The third-order valence-electron chi connectivity index (χ3n) is 19.9. The Balaban J connectivity index is 0.984. The number of furan rings is 1. The summed E-state index contributed by atoms with van der Waals surface area (Å²) in [5.41, 5.74) is 31.4. The average molecular weight is 1250 g/mol. The van der Waals surface area contributed by atoms with Gasteiger partial charge in [0.25, 0.3) is 6.71 Å². The Morgan fingerprint density at radius 1 is 0.268 bits per heavy atom. The fourth-order valence-corrected chi connectivity index (χ4v) is 14.9. The van der Waals surface area contributed by atoms with Gasteiger partial charge in [-0.15, -0.1) is 0 Å². The Morgan fingerprint density at radius 3 is 1.06 bits per heavy atom. The van der Waals surface area contributed by atoms with E-state index in [4.69, 9.17) is 4.42 Å². The van der Waals surface area contributed by atoms with E-state index in [2.05, 4.69) is 378 Å². The largest absolute Gasteiger partial charge is 0.456 e. The van der Waals surface area contributed by atoms with Crippen LogP contribution in [0.3, 0.4) is 0 Å². The Labute approximate surface area is 569 Å². The van der Waals surface area contributed by atoms with Gasteiger partial charge in [-0.1, -0.05) is 260 Å². The fraction of sp³-hybridized carbons (Fsp3) is 0.0870.